The van der Waals surface area contributed by atoms with Gasteiger partial charge in [0.1, 0.15) is 17.1 Å². The number of carbonyl (C=O) groups excluding carboxylic acids is 2. The van der Waals surface area contributed by atoms with E-state index in [4.69, 9.17) is 9.47 Å². The summed E-state index contributed by atoms with van der Waals surface area (Å²) in [5.41, 5.74) is 1.84. The molecule has 0 spiro atoms. The van der Waals surface area contributed by atoms with Gasteiger partial charge < -0.3 is 19.9 Å². The van der Waals surface area contributed by atoms with Gasteiger partial charge in [0.05, 0.1) is 7.11 Å². The minimum Gasteiger partial charge on any atom is -0.507 e. The van der Waals surface area contributed by atoms with E-state index in [-0.39, 0.29) is 11.3 Å². The van der Waals surface area contributed by atoms with Gasteiger partial charge in [-0.05, 0) is 42.7 Å². The van der Waals surface area contributed by atoms with Gasteiger partial charge in [-0.1, -0.05) is 24.3 Å². The van der Waals surface area contributed by atoms with Gasteiger partial charge >= 0.3 is 5.97 Å². The second-order valence-corrected chi connectivity index (χ2v) is 5.51. The van der Waals surface area contributed by atoms with Crippen LogP contribution in [0.1, 0.15) is 21.5 Å². The van der Waals surface area contributed by atoms with Crippen LogP contribution in [-0.2, 0) is 16.0 Å². The Labute approximate surface area is 146 Å². The Morgan fingerprint density at radius 1 is 1.16 bits per heavy atom. The minimum atomic E-state index is -0.739. The topological polar surface area (TPSA) is 84.9 Å². The quantitative estimate of drug-likeness (QED) is 0.753. The van der Waals surface area contributed by atoms with E-state index in [1.165, 1.54) is 12.1 Å². The summed E-state index contributed by atoms with van der Waals surface area (Å²) in [4.78, 5) is 23.7. The monoisotopic (exact) mass is 343 g/mol. The summed E-state index contributed by atoms with van der Waals surface area (Å²) in [6.45, 7) is 1.79. The average molecular weight is 343 g/mol. The predicted molar refractivity (Wildman–Crippen MR) is 92.8 cm³/mol. The molecule has 0 aliphatic heterocycles. The van der Waals surface area contributed by atoms with E-state index in [1.807, 2.05) is 24.3 Å². The maximum absolute atomic E-state index is 11.9. The van der Waals surface area contributed by atoms with Crippen molar-refractivity contribution in [2.75, 3.05) is 20.3 Å². The lowest BCUT2D eigenvalue weighted by atomic mass is 10.1. The molecule has 0 saturated carbocycles. The van der Waals surface area contributed by atoms with Crippen molar-refractivity contribution in [3.63, 3.8) is 0 Å². The molecular formula is C19H21NO5. The van der Waals surface area contributed by atoms with Crippen molar-refractivity contribution in [3.05, 3.63) is 59.2 Å². The third-order valence-corrected chi connectivity index (χ3v) is 3.62. The van der Waals surface area contributed by atoms with Gasteiger partial charge in [0.25, 0.3) is 5.91 Å². The Hall–Kier alpha value is -3.02. The van der Waals surface area contributed by atoms with Crippen molar-refractivity contribution in [1.29, 1.82) is 0 Å². The summed E-state index contributed by atoms with van der Waals surface area (Å²) in [7, 11) is 1.59. The van der Waals surface area contributed by atoms with Crippen LogP contribution < -0.4 is 10.1 Å². The fraction of sp³-hybridized carbons (Fsp3) is 0.263. The van der Waals surface area contributed by atoms with E-state index in [9.17, 15) is 14.7 Å². The van der Waals surface area contributed by atoms with Crippen molar-refractivity contribution in [1.82, 2.24) is 5.32 Å². The highest BCUT2D eigenvalue weighted by molar-refractivity contribution is 5.93. The number of nitrogens with one attached hydrogen (secondary N) is 1. The zero-order chi connectivity index (χ0) is 18.2. The number of phenolic OH excluding ortho intramolecular Hbond substituents is 1. The summed E-state index contributed by atoms with van der Waals surface area (Å²) < 4.78 is 10.2. The number of amides is 1. The van der Waals surface area contributed by atoms with Gasteiger partial charge in [-0.25, -0.2) is 4.79 Å². The van der Waals surface area contributed by atoms with E-state index in [1.54, 1.807) is 20.1 Å². The van der Waals surface area contributed by atoms with Crippen LogP contribution in [0.3, 0.4) is 0 Å². The lowest BCUT2D eigenvalue weighted by Gasteiger charge is -2.10. The molecule has 2 N–H and O–H groups in total. The fourth-order valence-corrected chi connectivity index (χ4v) is 2.32. The van der Waals surface area contributed by atoms with Crippen LogP contribution in [0.15, 0.2) is 42.5 Å². The number of aryl methyl sites for hydroxylation is 1. The van der Waals surface area contributed by atoms with E-state index in [0.717, 1.165) is 16.9 Å². The molecule has 6 nitrogen and oxygen atoms in total. The maximum Gasteiger partial charge on any atom is 0.342 e. The number of hydrogen-bond acceptors (Lipinski definition) is 5. The standard InChI is InChI=1S/C19H21NO5/c1-13-7-8-15(16(21)11-13)19(23)25-12-18(22)20-10-9-14-5-3-4-6-17(14)24-2/h3-8,11,21H,9-10,12H2,1-2H3,(H,20,22). The van der Waals surface area contributed by atoms with Crippen LogP contribution in [0, 0.1) is 6.92 Å². The molecule has 0 aliphatic rings. The van der Waals surface area contributed by atoms with Crippen molar-refractivity contribution in [2.45, 2.75) is 13.3 Å². The van der Waals surface area contributed by atoms with E-state index in [2.05, 4.69) is 5.32 Å². The minimum absolute atomic E-state index is 0.0346. The molecule has 2 aromatic rings. The zero-order valence-electron chi connectivity index (χ0n) is 14.2. The molecule has 0 aromatic heterocycles. The third kappa shape index (κ3) is 5.24. The first-order valence-corrected chi connectivity index (χ1v) is 7.86. The first-order chi connectivity index (χ1) is 12.0. The van der Waals surface area contributed by atoms with Crippen molar-refractivity contribution in [3.8, 4) is 11.5 Å². The van der Waals surface area contributed by atoms with E-state index >= 15 is 0 Å². The number of benzene rings is 2. The fourth-order valence-electron chi connectivity index (χ4n) is 2.32. The largest absolute Gasteiger partial charge is 0.507 e. The normalized spacial score (nSPS) is 10.2. The number of rotatable bonds is 7. The van der Waals surface area contributed by atoms with Gasteiger partial charge in [0.2, 0.25) is 0 Å². The highest BCUT2D eigenvalue weighted by atomic mass is 16.5. The molecular weight excluding hydrogens is 322 g/mol. The van der Waals surface area contributed by atoms with Gasteiger partial charge in [-0.3, -0.25) is 4.79 Å². The summed E-state index contributed by atoms with van der Waals surface area (Å²) in [6.07, 6.45) is 0.600. The Morgan fingerprint density at radius 2 is 1.92 bits per heavy atom. The van der Waals surface area contributed by atoms with Crippen LogP contribution in [0.25, 0.3) is 0 Å². The molecule has 0 radical (unpaired) electrons. The maximum atomic E-state index is 11.9. The highest BCUT2D eigenvalue weighted by Gasteiger charge is 2.14. The first-order valence-electron chi connectivity index (χ1n) is 7.86. The first kappa shape index (κ1) is 18.3. The molecule has 132 valence electrons. The van der Waals surface area contributed by atoms with Crippen molar-refractivity contribution in [2.24, 2.45) is 0 Å². The molecule has 0 atom stereocenters. The Morgan fingerprint density at radius 3 is 2.64 bits per heavy atom. The number of methoxy groups -OCH3 is 1. The number of ether oxygens (including phenoxy) is 2. The van der Waals surface area contributed by atoms with E-state index in [0.29, 0.717) is 13.0 Å². The van der Waals surface area contributed by atoms with Gasteiger partial charge in [0.15, 0.2) is 6.61 Å². The number of para-hydroxylation sites is 1. The van der Waals surface area contributed by atoms with E-state index < -0.39 is 18.5 Å². The molecule has 25 heavy (non-hydrogen) atoms. The number of aromatic hydroxyl groups is 1. The number of hydrogen-bond donors (Lipinski definition) is 2. The summed E-state index contributed by atoms with van der Waals surface area (Å²) >= 11 is 0. The van der Waals surface area contributed by atoms with Gasteiger partial charge in [-0.15, -0.1) is 0 Å². The van der Waals surface area contributed by atoms with Crippen LogP contribution >= 0.6 is 0 Å². The molecule has 1 amide bonds. The van der Waals surface area contributed by atoms with Crippen LogP contribution in [0.4, 0.5) is 0 Å². The molecule has 0 saturated heterocycles. The SMILES string of the molecule is COc1ccccc1CCNC(=O)COC(=O)c1ccc(C)cc1O. The second kappa shape index (κ2) is 8.73. The molecule has 0 heterocycles. The van der Waals surface area contributed by atoms with Crippen molar-refractivity contribution >= 4 is 11.9 Å². The van der Waals surface area contributed by atoms with Gasteiger partial charge in [0, 0.05) is 6.54 Å². The molecule has 6 heteroatoms. The second-order valence-electron chi connectivity index (χ2n) is 5.51. The predicted octanol–water partition coefficient (Wildman–Crippen LogP) is 2.22. The highest BCUT2D eigenvalue weighted by Crippen LogP contribution is 2.19. The Kier molecular flexibility index (Phi) is 6.39. The summed E-state index contributed by atoms with van der Waals surface area (Å²) in [5.74, 6) is -0.549. The van der Waals surface area contributed by atoms with Crippen LogP contribution in [0.2, 0.25) is 0 Å². The third-order valence-electron chi connectivity index (χ3n) is 3.62. The Bertz CT molecular complexity index is 757. The smallest absolute Gasteiger partial charge is 0.342 e. The number of carbonyl (C=O) groups is 2. The van der Waals surface area contributed by atoms with Crippen molar-refractivity contribution < 1.29 is 24.2 Å². The average Bonchev–Trinajstić information content (AvgIpc) is 2.60. The Balaban J connectivity index is 1.78. The number of esters is 1. The molecule has 0 unspecified atom stereocenters. The summed E-state index contributed by atoms with van der Waals surface area (Å²) in [5, 5.41) is 12.4. The van der Waals surface area contributed by atoms with Gasteiger partial charge in [-0.2, -0.15) is 0 Å². The molecule has 0 bridgehead atoms. The number of phenols is 1. The molecule has 0 fully saturated rings. The lowest BCUT2D eigenvalue weighted by Crippen LogP contribution is -2.30. The summed E-state index contributed by atoms with van der Waals surface area (Å²) in [6, 6.07) is 12.2. The zero-order valence-corrected chi connectivity index (χ0v) is 14.2. The molecule has 2 aromatic carbocycles. The van der Waals surface area contributed by atoms with Crippen LogP contribution in [-0.4, -0.2) is 37.2 Å². The van der Waals surface area contributed by atoms with Crippen LogP contribution in [0.5, 0.6) is 11.5 Å². The molecule has 2 rings (SSSR count). The molecule has 0 aliphatic carbocycles. The lowest BCUT2D eigenvalue weighted by molar-refractivity contribution is -0.124.